The van der Waals surface area contributed by atoms with Gasteiger partial charge in [-0.1, -0.05) is 18.2 Å². The summed E-state index contributed by atoms with van der Waals surface area (Å²) in [5.74, 6) is 0.828. The largest absolute Gasteiger partial charge is 0.493 e. The Morgan fingerprint density at radius 3 is 1.33 bits per heavy atom. The summed E-state index contributed by atoms with van der Waals surface area (Å²) in [6, 6.07) is 13.3. The lowest BCUT2D eigenvalue weighted by molar-refractivity contribution is 0.0577. The van der Waals surface area contributed by atoms with Crippen molar-refractivity contribution in [2.75, 3.05) is 56.9 Å². The third kappa shape index (κ3) is 7.25. The van der Waals surface area contributed by atoms with Crippen LogP contribution in [0.2, 0.25) is 0 Å². The van der Waals surface area contributed by atoms with Crippen molar-refractivity contribution >= 4 is 11.9 Å². The summed E-state index contributed by atoms with van der Waals surface area (Å²) in [4.78, 5) is 27.8. The van der Waals surface area contributed by atoms with Crippen molar-refractivity contribution < 1.29 is 47.5 Å². The Bertz CT molecular complexity index is 1670. The molecule has 0 fully saturated rings. The Morgan fingerprint density at radius 2 is 0.980 bits per heavy atom. The molecule has 1 aromatic heterocycles. The molecule has 0 aliphatic heterocycles. The molecule has 4 aromatic rings. The van der Waals surface area contributed by atoms with Gasteiger partial charge in [0, 0.05) is 17.7 Å². The van der Waals surface area contributed by atoms with Crippen LogP contribution in [0.4, 0.5) is 0 Å². The Kier molecular flexibility index (Phi) is 12.1. The number of hydrogen-bond acceptors (Lipinski definition) is 10. The van der Waals surface area contributed by atoms with E-state index < -0.39 is 11.9 Å². The minimum absolute atomic E-state index is 0.145. The van der Waals surface area contributed by atoms with Crippen LogP contribution in [0.15, 0.2) is 42.5 Å². The van der Waals surface area contributed by atoms with E-state index in [2.05, 4.69) is 32.0 Å². The molecular weight excluding hydrogens is 630 g/mol. The Hall–Kier alpha value is -5.32. The highest BCUT2D eigenvalue weighted by molar-refractivity contribution is 6.09. The van der Waals surface area contributed by atoms with Crippen LogP contribution in [0.25, 0.3) is 22.3 Å². The molecule has 0 N–H and O–H groups in total. The third-order valence-electron chi connectivity index (χ3n) is 8.60. The fourth-order valence-corrected chi connectivity index (χ4v) is 6.03. The lowest BCUT2D eigenvalue weighted by atomic mass is 9.93. The molecule has 0 bridgehead atoms. The van der Waals surface area contributed by atoms with E-state index in [9.17, 15) is 9.59 Å². The van der Waals surface area contributed by atoms with Crippen LogP contribution in [-0.4, -0.2) is 73.4 Å². The predicted molar refractivity (Wildman–Crippen MR) is 186 cm³/mol. The Labute approximate surface area is 287 Å². The highest BCUT2D eigenvalue weighted by Gasteiger charge is 2.35. The highest BCUT2D eigenvalue weighted by atomic mass is 16.5. The summed E-state index contributed by atoms with van der Waals surface area (Å²) >= 11 is 0. The topological polar surface area (TPSA) is 113 Å². The molecule has 0 saturated carbocycles. The molecular formula is C38H45NO10. The Balaban J connectivity index is 2.07. The Morgan fingerprint density at radius 1 is 0.551 bits per heavy atom. The summed E-state index contributed by atoms with van der Waals surface area (Å²) in [6.45, 7) is 4.49. The first-order valence-electron chi connectivity index (χ1n) is 15.7. The maximum atomic E-state index is 13.9. The van der Waals surface area contributed by atoms with Crippen LogP contribution in [-0.2, 0) is 22.4 Å². The molecule has 0 aliphatic rings. The van der Waals surface area contributed by atoms with Crippen molar-refractivity contribution in [2.45, 2.75) is 39.7 Å². The van der Waals surface area contributed by atoms with E-state index in [4.69, 9.17) is 37.9 Å². The molecule has 11 heteroatoms. The average molecular weight is 676 g/mol. The third-order valence-corrected chi connectivity index (χ3v) is 8.60. The molecule has 0 amide bonds. The lowest BCUT2D eigenvalue weighted by Gasteiger charge is -2.17. The average Bonchev–Trinajstić information content (AvgIpc) is 3.47. The molecule has 0 unspecified atom stereocenters. The second-order valence-electron chi connectivity index (χ2n) is 11.3. The minimum Gasteiger partial charge on any atom is -0.493 e. The lowest BCUT2D eigenvalue weighted by Crippen LogP contribution is -2.17. The van der Waals surface area contributed by atoms with Gasteiger partial charge in [0.15, 0.2) is 23.0 Å². The van der Waals surface area contributed by atoms with Gasteiger partial charge in [-0.3, -0.25) is 0 Å². The van der Waals surface area contributed by atoms with Crippen LogP contribution >= 0.6 is 0 Å². The number of nitrogens with zero attached hydrogens (tertiary/aromatic N) is 1. The van der Waals surface area contributed by atoms with E-state index in [1.165, 1.54) is 73.6 Å². The van der Waals surface area contributed by atoms with Crippen molar-refractivity contribution in [1.82, 2.24) is 4.57 Å². The fraction of sp³-hybridized carbons (Fsp3) is 0.368. The van der Waals surface area contributed by atoms with Gasteiger partial charge in [-0.2, -0.15) is 0 Å². The van der Waals surface area contributed by atoms with Gasteiger partial charge in [0.05, 0.1) is 56.9 Å². The number of hydrogen-bond donors (Lipinski definition) is 0. The normalized spacial score (nSPS) is 10.7. The first-order chi connectivity index (χ1) is 23.6. The van der Waals surface area contributed by atoms with Gasteiger partial charge in [-0.15, -0.1) is 0 Å². The summed E-state index contributed by atoms with van der Waals surface area (Å²) in [5.41, 5.74) is 5.74. The molecule has 0 spiro atoms. The zero-order valence-electron chi connectivity index (χ0n) is 29.9. The van der Waals surface area contributed by atoms with Crippen molar-refractivity contribution in [3.63, 3.8) is 0 Å². The minimum atomic E-state index is -0.651. The molecule has 11 nitrogen and oxygen atoms in total. The van der Waals surface area contributed by atoms with E-state index in [0.29, 0.717) is 69.7 Å². The predicted octanol–water partition coefficient (Wildman–Crippen LogP) is 7.09. The first-order valence-corrected chi connectivity index (χ1v) is 15.7. The molecule has 4 rings (SSSR count). The number of aryl methyl sites for hydroxylation is 3. The maximum absolute atomic E-state index is 13.9. The van der Waals surface area contributed by atoms with Gasteiger partial charge in [-0.05, 0) is 85.2 Å². The SMILES string of the molecule is COC(=O)c1c(-c2cc(OC)c(OC)c(OC)c2)c(-c2cc(OC)c(OC)c(OC)c2)c(C(=O)OC)n1CCCCc1ccc(C)c(C)c1. The molecule has 262 valence electrons. The monoisotopic (exact) mass is 675 g/mol. The molecule has 0 saturated heterocycles. The quantitative estimate of drug-likeness (QED) is 0.0957. The van der Waals surface area contributed by atoms with Crippen LogP contribution in [0.3, 0.4) is 0 Å². The number of ether oxygens (including phenoxy) is 8. The number of aromatic nitrogens is 1. The van der Waals surface area contributed by atoms with Crippen LogP contribution in [0.1, 0.15) is 50.5 Å². The standard InChI is InChI=1S/C38H45NO10/c1-22-14-15-24(17-23(22)2)13-11-12-16-39-33(37(40)48-9)31(25-18-27(42-3)35(46-7)28(19-25)43-4)32(34(39)38(41)49-10)26-20-29(44-5)36(47-8)30(21-26)45-6/h14-15,17-21H,11-13,16H2,1-10H3. The fourth-order valence-electron chi connectivity index (χ4n) is 6.03. The highest BCUT2D eigenvalue weighted by Crippen LogP contribution is 2.49. The molecule has 0 aliphatic carbocycles. The molecule has 49 heavy (non-hydrogen) atoms. The van der Waals surface area contributed by atoms with Gasteiger partial charge in [0.25, 0.3) is 0 Å². The van der Waals surface area contributed by atoms with E-state index in [1.54, 1.807) is 28.8 Å². The second kappa shape index (κ2) is 16.2. The number of benzene rings is 3. The van der Waals surface area contributed by atoms with Gasteiger partial charge in [0.1, 0.15) is 11.4 Å². The van der Waals surface area contributed by atoms with Gasteiger partial charge in [-0.25, -0.2) is 9.59 Å². The van der Waals surface area contributed by atoms with E-state index in [0.717, 1.165) is 12.8 Å². The van der Waals surface area contributed by atoms with E-state index >= 15 is 0 Å². The number of esters is 2. The summed E-state index contributed by atoms with van der Waals surface area (Å²) in [6.07, 6.45) is 2.25. The molecule has 1 heterocycles. The zero-order chi connectivity index (χ0) is 35.8. The number of unbranched alkanes of at least 4 members (excludes halogenated alkanes) is 1. The smallest absolute Gasteiger partial charge is 0.355 e. The van der Waals surface area contributed by atoms with Crippen LogP contribution in [0, 0.1) is 13.8 Å². The second-order valence-corrected chi connectivity index (χ2v) is 11.3. The zero-order valence-corrected chi connectivity index (χ0v) is 29.9. The van der Waals surface area contributed by atoms with Crippen molar-refractivity contribution in [2.24, 2.45) is 0 Å². The van der Waals surface area contributed by atoms with Gasteiger partial charge < -0.3 is 42.5 Å². The van der Waals surface area contributed by atoms with Crippen molar-refractivity contribution in [1.29, 1.82) is 0 Å². The summed E-state index contributed by atoms with van der Waals surface area (Å²) in [5, 5.41) is 0. The number of methoxy groups -OCH3 is 8. The van der Waals surface area contributed by atoms with Gasteiger partial charge >= 0.3 is 11.9 Å². The molecule has 0 atom stereocenters. The molecule has 0 radical (unpaired) electrons. The number of carbonyl (C=O) groups excluding carboxylic acids is 2. The summed E-state index contributed by atoms with van der Waals surface area (Å²) in [7, 11) is 11.6. The van der Waals surface area contributed by atoms with Crippen LogP contribution in [0.5, 0.6) is 34.5 Å². The number of rotatable bonds is 15. The van der Waals surface area contributed by atoms with E-state index in [-0.39, 0.29) is 11.4 Å². The van der Waals surface area contributed by atoms with E-state index in [1.807, 2.05) is 0 Å². The van der Waals surface area contributed by atoms with Crippen molar-refractivity contribution in [3.8, 4) is 56.8 Å². The molecule has 3 aromatic carbocycles. The summed E-state index contributed by atoms with van der Waals surface area (Å²) < 4.78 is 46.3. The van der Waals surface area contributed by atoms with Crippen LogP contribution < -0.4 is 28.4 Å². The van der Waals surface area contributed by atoms with Crippen molar-refractivity contribution in [3.05, 3.63) is 70.5 Å². The number of carbonyl (C=O) groups is 2. The van der Waals surface area contributed by atoms with Gasteiger partial charge in [0.2, 0.25) is 11.5 Å². The maximum Gasteiger partial charge on any atom is 0.355 e. The first kappa shape index (κ1) is 36.5.